The zero-order valence-electron chi connectivity index (χ0n) is 11.9. The number of carbonyl (C=O) groups excluding carboxylic acids is 2. The quantitative estimate of drug-likeness (QED) is 0.822. The van der Waals surface area contributed by atoms with Gasteiger partial charge in [0, 0.05) is 19.6 Å². The largest absolute Gasteiger partial charge is 0.507 e. The third-order valence-electron chi connectivity index (χ3n) is 3.75. The summed E-state index contributed by atoms with van der Waals surface area (Å²) in [6.45, 7) is 3.28. The molecular weight excluding hydrogens is 288 g/mol. The molecular formula is C15H16N2O5. The highest BCUT2D eigenvalue weighted by Gasteiger charge is 2.23. The van der Waals surface area contributed by atoms with Gasteiger partial charge in [-0.25, -0.2) is 4.98 Å². The van der Waals surface area contributed by atoms with Crippen LogP contribution in [-0.2, 0) is 9.53 Å². The number of oxazole rings is 1. The van der Waals surface area contributed by atoms with Crippen LogP contribution in [0.4, 0.5) is 0 Å². The van der Waals surface area contributed by atoms with E-state index in [0.717, 1.165) is 19.4 Å². The Morgan fingerprint density at radius 1 is 1.32 bits per heavy atom. The molecule has 3 rings (SSSR count). The molecule has 1 atom stereocenters. The number of nitrogens with zero attached hydrogens (tertiary/aromatic N) is 2. The first-order chi connectivity index (χ1) is 10.7. The Morgan fingerprint density at radius 3 is 2.77 bits per heavy atom. The molecule has 1 saturated heterocycles. The van der Waals surface area contributed by atoms with Crippen LogP contribution in [0.1, 0.15) is 22.2 Å². The van der Waals surface area contributed by atoms with E-state index in [0.29, 0.717) is 31.6 Å². The van der Waals surface area contributed by atoms with E-state index in [1.54, 1.807) is 0 Å². The molecule has 0 radical (unpaired) electrons. The van der Waals surface area contributed by atoms with E-state index >= 15 is 0 Å². The fraction of sp³-hybridized carbons (Fsp3) is 0.400. The van der Waals surface area contributed by atoms with Gasteiger partial charge in [-0.3, -0.25) is 9.69 Å². The second-order valence-electron chi connectivity index (χ2n) is 5.17. The van der Waals surface area contributed by atoms with Crippen molar-refractivity contribution in [3.63, 3.8) is 0 Å². The number of fused-ring (bicyclic) bond motifs is 1. The van der Waals surface area contributed by atoms with Crippen LogP contribution in [0.15, 0.2) is 16.5 Å². The minimum Gasteiger partial charge on any atom is -0.507 e. The fourth-order valence-corrected chi connectivity index (χ4v) is 2.54. The normalized spacial score (nSPS) is 17.5. The number of aromatic hydroxyl groups is 1. The van der Waals surface area contributed by atoms with Gasteiger partial charge >= 0.3 is 0 Å². The highest BCUT2D eigenvalue weighted by atomic mass is 16.5. The molecule has 0 bridgehead atoms. The highest BCUT2D eigenvalue weighted by Crippen LogP contribution is 2.28. The van der Waals surface area contributed by atoms with Gasteiger partial charge in [-0.15, -0.1) is 0 Å². The summed E-state index contributed by atoms with van der Waals surface area (Å²) in [5.41, 5.74) is 0.728. The summed E-state index contributed by atoms with van der Waals surface area (Å²) >= 11 is 0. The molecule has 1 aromatic heterocycles. The molecule has 2 aromatic rings. The second kappa shape index (κ2) is 6.25. The first kappa shape index (κ1) is 14.7. The molecule has 116 valence electrons. The van der Waals surface area contributed by atoms with Gasteiger partial charge in [0.15, 0.2) is 11.9 Å². The molecule has 1 unspecified atom stereocenters. The molecule has 22 heavy (non-hydrogen) atoms. The van der Waals surface area contributed by atoms with Crippen LogP contribution < -0.4 is 0 Å². The maximum absolute atomic E-state index is 11.4. The molecule has 1 aliphatic rings. The average Bonchev–Trinajstić information content (AvgIpc) is 2.97. The molecule has 1 N–H and O–H groups in total. The molecule has 1 aromatic carbocycles. The zero-order valence-corrected chi connectivity index (χ0v) is 11.9. The zero-order chi connectivity index (χ0) is 15.5. The van der Waals surface area contributed by atoms with Crippen molar-refractivity contribution in [1.82, 2.24) is 9.88 Å². The number of rotatable bonds is 5. The lowest BCUT2D eigenvalue weighted by Crippen LogP contribution is -2.39. The van der Waals surface area contributed by atoms with Gasteiger partial charge in [0.2, 0.25) is 5.89 Å². The monoisotopic (exact) mass is 304 g/mol. The second-order valence-corrected chi connectivity index (χ2v) is 5.17. The topological polar surface area (TPSA) is 92.9 Å². The van der Waals surface area contributed by atoms with Crippen LogP contribution in [0, 0.1) is 0 Å². The van der Waals surface area contributed by atoms with Crippen LogP contribution in [0.2, 0.25) is 0 Å². The lowest BCUT2D eigenvalue weighted by molar-refractivity contribution is -0.110. The summed E-state index contributed by atoms with van der Waals surface area (Å²) in [6, 6.07) is 2.91. The molecule has 2 heterocycles. The Bertz CT molecular complexity index is 691. The smallest absolute Gasteiger partial charge is 0.207 e. The van der Waals surface area contributed by atoms with Crippen LogP contribution in [0.25, 0.3) is 11.1 Å². The minimum absolute atomic E-state index is 0.0727. The van der Waals surface area contributed by atoms with E-state index < -0.39 is 5.92 Å². The third-order valence-corrected chi connectivity index (χ3v) is 3.75. The van der Waals surface area contributed by atoms with E-state index in [-0.39, 0.29) is 22.7 Å². The summed E-state index contributed by atoms with van der Waals surface area (Å²) in [4.78, 5) is 28.8. The van der Waals surface area contributed by atoms with Crippen LogP contribution >= 0.6 is 0 Å². The van der Waals surface area contributed by atoms with Gasteiger partial charge in [-0.05, 0) is 12.1 Å². The van der Waals surface area contributed by atoms with Crippen molar-refractivity contribution in [3.8, 4) is 5.75 Å². The molecule has 1 aliphatic heterocycles. The number of benzene rings is 1. The molecule has 0 amide bonds. The van der Waals surface area contributed by atoms with Gasteiger partial charge in [0.1, 0.15) is 23.5 Å². The van der Waals surface area contributed by atoms with E-state index in [1.807, 2.05) is 0 Å². The Balaban J connectivity index is 1.90. The lowest BCUT2D eigenvalue weighted by atomic mass is 10.1. The number of ether oxygens (including phenoxy) is 1. The summed E-state index contributed by atoms with van der Waals surface area (Å²) in [5.74, 6) is -0.421. The minimum atomic E-state index is -0.521. The Hall–Kier alpha value is -2.25. The third kappa shape index (κ3) is 2.72. The summed E-state index contributed by atoms with van der Waals surface area (Å²) in [5, 5.41) is 9.67. The van der Waals surface area contributed by atoms with Crippen molar-refractivity contribution >= 4 is 23.7 Å². The van der Waals surface area contributed by atoms with Crippen LogP contribution in [0.5, 0.6) is 5.75 Å². The molecule has 7 heteroatoms. The summed E-state index contributed by atoms with van der Waals surface area (Å²) < 4.78 is 10.9. The number of carbonyl (C=O) groups is 2. The molecule has 0 spiro atoms. The number of hydrogen-bond acceptors (Lipinski definition) is 7. The predicted molar refractivity (Wildman–Crippen MR) is 77.1 cm³/mol. The van der Waals surface area contributed by atoms with Gasteiger partial charge in [-0.1, -0.05) is 0 Å². The maximum Gasteiger partial charge on any atom is 0.207 e. The molecule has 0 aliphatic carbocycles. The van der Waals surface area contributed by atoms with Crippen molar-refractivity contribution < 1.29 is 23.8 Å². The van der Waals surface area contributed by atoms with E-state index in [2.05, 4.69) is 9.88 Å². The van der Waals surface area contributed by atoms with Crippen molar-refractivity contribution in [2.45, 2.75) is 5.92 Å². The average molecular weight is 304 g/mol. The SMILES string of the molecule is O=Cc1c(O)ccc2oc(C(C=O)CN3CCOCC3)nc12. The number of aldehydes is 2. The number of aromatic nitrogens is 1. The van der Waals surface area contributed by atoms with Crippen molar-refractivity contribution in [2.75, 3.05) is 32.8 Å². The van der Waals surface area contributed by atoms with E-state index in [4.69, 9.17) is 9.15 Å². The summed E-state index contributed by atoms with van der Waals surface area (Å²) in [7, 11) is 0. The van der Waals surface area contributed by atoms with Crippen molar-refractivity contribution in [3.05, 3.63) is 23.6 Å². The van der Waals surface area contributed by atoms with Crippen LogP contribution in [0.3, 0.4) is 0 Å². The van der Waals surface area contributed by atoms with Crippen molar-refractivity contribution in [2.24, 2.45) is 0 Å². The Labute approximate surface area is 126 Å². The van der Waals surface area contributed by atoms with Gasteiger partial charge in [0.25, 0.3) is 0 Å². The molecule has 1 fully saturated rings. The highest BCUT2D eigenvalue weighted by molar-refractivity contribution is 5.96. The first-order valence-corrected chi connectivity index (χ1v) is 7.06. The number of phenols is 1. The van der Waals surface area contributed by atoms with E-state index in [1.165, 1.54) is 12.1 Å². The summed E-state index contributed by atoms with van der Waals surface area (Å²) in [6.07, 6.45) is 1.32. The number of morpholine rings is 1. The lowest BCUT2D eigenvalue weighted by Gasteiger charge is -2.27. The number of phenolic OH excluding ortho intramolecular Hbond substituents is 1. The van der Waals surface area contributed by atoms with Gasteiger partial charge < -0.3 is 19.1 Å². The fourth-order valence-electron chi connectivity index (χ4n) is 2.54. The van der Waals surface area contributed by atoms with Gasteiger partial charge in [0.05, 0.1) is 18.8 Å². The first-order valence-electron chi connectivity index (χ1n) is 7.06. The van der Waals surface area contributed by atoms with Crippen LogP contribution in [-0.4, -0.2) is 60.4 Å². The Morgan fingerprint density at radius 2 is 2.09 bits per heavy atom. The van der Waals surface area contributed by atoms with Gasteiger partial charge in [-0.2, -0.15) is 0 Å². The number of hydrogen-bond donors (Lipinski definition) is 1. The molecule has 0 saturated carbocycles. The predicted octanol–water partition coefficient (Wildman–Crippen LogP) is 0.961. The standard InChI is InChI=1S/C15H16N2O5/c18-8-10(7-17-3-5-21-6-4-17)15-16-14-11(9-19)12(20)1-2-13(14)22-15/h1-2,8-10,20H,3-7H2. The van der Waals surface area contributed by atoms with E-state index in [9.17, 15) is 14.7 Å². The Kier molecular flexibility index (Phi) is 4.17. The van der Waals surface area contributed by atoms with Crippen molar-refractivity contribution in [1.29, 1.82) is 0 Å². The maximum atomic E-state index is 11.4. The molecule has 7 nitrogen and oxygen atoms in total.